The first kappa shape index (κ1) is 19.7. The van der Waals surface area contributed by atoms with Crippen LogP contribution in [0.25, 0.3) is 0 Å². The second-order valence-corrected chi connectivity index (χ2v) is 6.59. The van der Waals surface area contributed by atoms with Gasteiger partial charge in [0.05, 0.1) is 0 Å². The fraction of sp³-hybridized carbons (Fsp3) is 0.556. The highest BCUT2D eigenvalue weighted by Gasteiger charge is 2.27. The van der Waals surface area contributed by atoms with Crippen LogP contribution in [0.1, 0.15) is 36.0 Å². The molecule has 25 heavy (non-hydrogen) atoms. The van der Waals surface area contributed by atoms with Crippen molar-refractivity contribution >= 4 is 24.2 Å². The molecule has 2 fully saturated rings. The second kappa shape index (κ2) is 9.15. The minimum atomic E-state index is -0.324. The topological polar surface area (TPSA) is 52.7 Å². The van der Waals surface area contributed by atoms with E-state index in [1.807, 2.05) is 4.90 Å². The summed E-state index contributed by atoms with van der Waals surface area (Å²) in [6.45, 7) is 4.03. The Balaban J connectivity index is 0.00000225. The van der Waals surface area contributed by atoms with Crippen molar-refractivity contribution in [1.82, 2.24) is 15.1 Å². The zero-order chi connectivity index (χ0) is 16.9. The number of ketones is 1. The van der Waals surface area contributed by atoms with Crippen LogP contribution in [0.5, 0.6) is 0 Å². The molecule has 1 saturated carbocycles. The molecule has 0 unspecified atom stereocenters. The average Bonchev–Trinajstić information content (AvgIpc) is 3.40. The highest BCUT2D eigenvalue weighted by molar-refractivity contribution is 5.95. The van der Waals surface area contributed by atoms with Gasteiger partial charge in [0.2, 0.25) is 0 Å². The molecule has 0 spiro atoms. The number of halogens is 2. The fourth-order valence-electron chi connectivity index (χ4n) is 2.91. The van der Waals surface area contributed by atoms with Crippen LogP contribution >= 0.6 is 12.4 Å². The molecule has 1 heterocycles. The Morgan fingerprint density at radius 3 is 2.32 bits per heavy atom. The van der Waals surface area contributed by atoms with Crippen LogP contribution < -0.4 is 5.32 Å². The van der Waals surface area contributed by atoms with Crippen molar-refractivity contribution in [3.8, 4) is 0 Å². The summed E-state index contributed by atoms with van der Waals surface area (Å²) in [6.07, 6.45) is 3.46. The molecule has 1 aromatic carbocycles. The summed E-state index contributed by atoms with van der Waals surface area (Å²) in [4.78, 5) is 28.2. The van der Waals surface area contributed by atoms with E-state index in [1.165, 1.54) is 24.3 Å². The van der Waals surface area contributed by atoms with Crippen molar-refractivity contribution in [3.05, 3.63) is 35.6 Å². The normalized spacial score (nSPS) is 17.7. The number of rotatable bonds is 6. The summed E-state index contributed by atoms with van der Waals surface area (Å²) in [5, 5.41) is 3.02. The third kappa shape index (κ3) is 5.97. The lowest BCUT2D eigenvalue weighted by Gasteiger charge is -2.34. The van der Waals surface area contributed by atoms with E-state index in [0.717, 1.165) is 52.0 Å². The molecule has 1 aromatic rings. The van der Waals surface area contributed by atoms with Gasteiger partial charge in [-0.05, 0) is 50.1 Å². The van der Waals surface area contributed by atoms with E-state index in [2.05, 4.69) is 10.2 Å². The summed E-state index contributed by atoms with van der Waals surface area (Å²) in [5.74, 6) is -0.271. The second-order valence-electron chi connectivity index (χ2n) is 6.59. The first-order valence-corrected chi connectivity index (χ1v) is 8.68. The lowest BCUT2D eigenvalue weighted by molar-refractivity contribution is 0.0968. The standard InChI is InChI=1S/C18H24FN3O2.ClH/c19-15-5-3-14(4-6-15)17(23)2-1-9-21-10-12-22(13-11-21)18(24)20-16-7-8-16;/h3-6,16H,1-2,7-13H2,(H,20,24);1H. The summed E-state index contributed by atoms with van der Waals surface area (Å²) in [6, 6.07) is 6.17. The lowest BCUT2D eigenvalue weighted by atomic mass is 10.1. The van der Waals surface area contributed by atoms with Gasteiger partial charge in [0.15, 0.2) is 5.78 Å². The minimum Gasteiger partial charge on any atom is -0.335 e. The molecule has 0 bridgehead atoms. The van der Waals surface area contributed by atoms with E-state index in [4.69, 9.17) is 0 Å². The minimum absolute atomic E-state index is 0. The van der Waals surface area contributed by atoms with Crippen LogP contribution in [0.15, 0.2) is 24.3 Å². The number of benzene rings is 1. The van der Waals surface area contributed by atoms with Gasteiger partial charge in [-0.1, -0.05) is 0 Å². The molecule has 7 heteroatoms. The molecular weight excluding hydrogens is 345 g/mol. The largest absolute Gasteiger partial charge is 0.335 e. The smallest absolute Gasteiger partial charge is 0.317 e. The summed E-state index contributed by atoms with van der Waals surface area (Å²) in [7, 11) is 0. The number of carbonyl (C=O) groups is 2. The van der Waals surface area contributed by atoms with E-state index in [9.17, 15) is 14.0 Å². The van der Waals surface area contributed by atoms with Gasteiger partial charge in [0.1, 0.15) is 5.82 Å². The van der Waals surface area contributed by atoms with Gasteiger partial charge in [-0.15, -0.1) is 12.4 Å². The van der Waals surface area contributed by atoms with Crippen LogP contribution in [-0.4, -0.2) is 60.4 Å². The van der Waals surface area contributed by atoms with Gasteiger partial charge in [-0.3, -0.25) is 9.69 Å². The Morgan fingerprint density at radius 1 is 1.08 bits per heavy atom. The maximum absolute atomic E-state index is 12.9. The van der Waals surface area contributed by atoms with E-state index in [0.29, 0.717) is 18.0 Å². The highest BCUT2D eigenvalue weighted by Crippen LogP contribution is 2.19. The highest BCUT2D eigenvalue weighted by atomic mass is 35.5. The van der Waals surface area contributed by atoms with Crippen molar-refractivity contribution in [2.45, 2.75) is 31.7 Å². The SMILES string of the molecule is Cl.O=C(CCCN1CCN(C(=O)NC2CC2)CC1)c1ccc(F)cc1. The summed E-state index contributed by atoms with van der Waals surface area (Å²) < 4.78 is 12.9. The Morgan fingerprint density at radius 2 is 1.72 bits per heavy atom. The molecule has 0 aromatic heterocycles. The number of urea groups is 1. The monoisotopic (exact) mass is 369 g/mol. The molecule has 0 radical (unpaired) electrons. The zero-order valence-corrected chi connectivity index (χ0v) is 15.1. The fourth-order valence-corrected chi connectivity index (χ4v) is 2.91. The number of nitrogens with one attached hydrogen (secondary N) is 1. The van der Waals surface area contributed by atoms with Crippen molar-refractivity contribution in [2.24, 2.45) is 0 Å². The Kier molecular flexibility index (Phi) is 7.20. The van der Waals surface area contributed by atoms with Crippen LogP contribution in [0.4, 0.5) is 9.18 Å². The van der Waals surface area contributed by atoms with Crippen molar-refractivity contribution in [2.75, 3.05) is 32.7 Å². The molecule has 138 valence electrons. The lowest BCUT2D eigenvalue weighted by Crippen LogP contribution is -2.52. The number of Topliss-reactive ketones (excluding diaryl/α,β-unsaturated/α-hetero) is 1. The van der Waals surface area contributed by atoms with Crippen LogP contribution in [-0.2, 0) is 0 Å². The molecule has 1 N–H and O–H groups in total. The third-order valence-corrected chi connectivity index (χ3v) is 4.61. The van der Waals surface area contributed by atoms with Crippen molar-refractivity contribution in [1.29, 1.82) is 0 Å². The molecule has 2 aliphatic rings. The molecule has 2 amide bonds. The number of nitrogens with zero attached hydrogens (tertiary/aromatic N) is 2. The van der Waals surface area contributed by atoms with Crippen LogP contribution in [0.3, 0.4) is 0 Å². The molecule has 1 aliphatic heterocycles. The number of hydrogen-bond donors (Lipinski definition) is 1. The predicted molar refractivity (Wildman–Crippen MR) is 96.8 cm³/mol. The number of hydrogen-bond acceptors (Lipinski definition) is 3. The molecule has 5 nitrogen and oxygen atoms in total. The summed E-state index contributed by atoms with van der Waals surface area (Å²) in [5.41, 5.74) is 0.568. The quantitative estimate of drug-likeness (QED) is 0.784. The van der Waals surface area contributed by atoms with Crippen molar-refractivity contribution < 1.29 is 14.0 Å². The van der Waals surface area contributed by atoms with Gasteiger partial charge < -0.3 is 10.2 Å². The van der Waals surface area contributed by atoms with E-state index in [1.54, 1.807) is 0 Å². The van der Waals surface area contributed by atoms with Crippen LogP contribution in [0, 0.1) is 5.82 Å². The number of carbonyl (C=O) groups excluding carboxylic acids is 2. The molecule has 1 aliphatic carbocycles. The first-order valence-electron chi connectivity index (χ1n) is 8.68. The first-order chi connectivity index (χ1) is 11.6. The maximum Gasteiger partial charge on any atom is 0.317 e. The molecule has 3 rings (SSSR count). The van der Waals surface area contributed by atoms with Gasteiger partial charge in [0, 0.05) is 44.2 Å². The van der Waals surface area contributed by atoms with Crippen molar-refractivity contribution in [3.63, 3.8) is 0 Å². The predicted octanol–water partition coefficient (Wildman–Crippen LogP) is 2.70. The van der Waals surface area contributed by atoms with Gasteiger partial charge in [-0.25, -0.2) is 9.18 Å². The number of amides is 2. The third-order valence-electron chi connectivity index (χ3n) is 4.61. The molecule has 0 atom stereocenters. The van der Waals surface area contributed by atoms with E-state index in [-0.39, 0.29) is 30.0 Å². The Hall–Kier alpha value is -1.66. The van der Waals surface area contributed by atoms with E-state index >= 15 is 0 Å². The van der Waals surface area contributed by atoms with Crippen LogP contribution in [0.2, 0.25) is 0 Å². The molecular formula is C18H25ClFN3O2. The molecule has 1 saturated heterocycles. The maximum atomic E-state index is 12.9. The average molecular weight is 370 g/mol. The Bertz CT molecular complexity index is 584. The van der Waals surface area contributed by atoms with Gasteiger partial charge in [-0.2, -0.15) is 0 Å². The number of piperazine rings is 1. The van der Waals surface area contributed by atoms with Gasteiger partial charge in [0.25, 0.3) is 0 Å². The zero-order valence-electron chi connectivity index (χ0n) is 14.2. The van der Waals surface area contributed by atoms with Gasteiger partial charge >= 0.3 is 6.03 Å². The Labute approximate surface area is 154 Å². The van der Waals surface area contributed by atoms with E-state index < -0.39 is 0 Å². The summed E-state index contributed by atoms with van der Waals surface area (Å²) >= 11 is 0.